The molecule has 0 heterocycles. The smallest absolute Gasteiger partial charge is 0.335 e. The van der Waals surface area contributed by atoms with E-state index in [4.69, 9.17) is 10.4 Å². The first-order valence-electron chi connectivity index (χ1n) is 6.36. The number of nitriles is 1. The van der Waals surface area contributed by atoms with Crippen LogP contribution in [0.25, 0.3) is 0 Å². The Hall–Kier alpha value is -2.32. The number of aromatic carboxylic acids is 1. The molecule has 0 bridgehead atoms. The minimum absolute atomic E-state index is 0.315. The highest BCUT2D eigenvalue weighted by Gasteiger charge is 2.09. The largest absolute Gasteiger partial charge is 0.478 e. The summed E-state index contributed by atoms with van der Waals surface area (Å²) < 4.78 is 0.848. The Bertz CT molecular complexity index is 708. The molecule has 0 saturated heterocycles. The van der Waals surface area contributed by atoms with Crippen LogP contribution in [-0.2, 0) is 6.42 Å². The van der Waals surface area contributed by atoms with Crippen LogP contribution >= 0.6 is 15.9 Å². The average Bonchev–Trinajstić information content (AvgIpc) is 2.49. The molecule has 0 radical (unpaired) electrons. The van der Waals surface area contributed by atoms with E-state index in [2.05, 4.69) is 27.3 Å². The van der Waals surface area contributed by atoms with Gasteiger partial charge >= 0.3 is 5.97 Å². The van der Waals surface area contributed by atoms with E-state index in [1.807, 2.05) is 18.2 Å². The second-order valence-corrected chi connectivity index (χ2v) is 5.36. The molecule has 2 aromatic carbocycles. The van der Waals surface area contributed by atoms with Gasteiger partial charge in [0, 0.05) is 11.0 Å². The molecule has 0 fully saturated rings. The Balaban J connectivity index is 2.06. The molecule has 0 amide bonds. The number of carboxylic acids is 1. The Labute approximate surface area is 131 Å². The van der Waals surface area contributed by atoms with Gasteiger partial charge in [-0.3, -0.25) is 0 Å². The molecule has 2 N–H and O–H groups in total. The van der Waals surface area contributed by atoms with E-state index in [1.54, 1.807) is 24.3 Å². The molecule has 0 atom stereocenters. The van der Waals surface area contributed by atoms with E-state index in [1.165, 1.54) is 0 Å². The van der Waals surface area contributed by atoms with Crippen molar-refractivity contribution in [3.05, 3.63) is 63.6 Å². The maximum atomic E-state index is 11.1. The van der Waals surface area contributed by atoms with Gasteiger partial charge in [0.05, 0.1) is 16.8 Å². The maximum absolute atomic E-state index is 11.1. The van der Waals surface area contributed by atoms with E-state index in [-0.39, 0.29) is 0 Å². The number of halogens is 1. The fourth-order valence-electron chi connectivity index (χ4n) is 2.04. The second-order valence-electron chi connectivity index (χ2n) is 4.44. The summed E-state index contributed by atoms with van der Waals surface area (Å²) in [6.45, 7) is 0.556. The van der Waals surface area contributed by atoms with Crippen molar-refractivity contribution in [1.29, 1.82) is 5.26 Å². The van der Waals surface area contributed by atoms with E-state index in [9.17, 15) is 4.79 Å². The normalized spacial score (nSPS) is 9.90. The van der Waals surface area contributed by atoms with Gasteiger partial charge in [-0.25, -0.2) is 4.79 Å². The summed E-state index contributed by atoms with van der Waals surface area (Å²) in [6, 6.07) is 14.5. The molecule has 2 aromatic rings. The lowest BCUT2D eigenvalue weighted by Gasteiger charge is -2.10. The molecule has 0 aromatic heterocycles. The fourth-order valence-corrected chi connectivity index (χ4v) is 2.40. The van der Waals surface area contributed by atoms with Crippen molar-refractivity contribution in [2.75, 3.05) is 11.9 Å². The molecule has 5 heteroatoms. The molecular weight excluding hydrogens is 332 g/mol. The lowest BCUT2D eigenvalue weighted by Crippen LogP contribution is -2.09. The van der Waals surface area contributed by atoms with Crippen LogP contribution < -0.4 is 5.32 Å². The van der Waals surface area contributed by atoms with Crippen molar-refractivity contribution in [2.45, 2.75) is 6.42 Å². The molecule has 0 saturated carbocycles. The van der Waals surface area contributed by atoms with E-state index >= 15 is 0 Å². The highest BCUT2D eigenvalue weighted by Crippen LogP contribution is 2.20. The highest BCUT2D eigenvalue weighted by molar-refractivity contribution is 9.10. The molecule has 0 aliphatic rings. The third-order valence-electron chi connectivity index (χ3n) is 3.06. The van der Waals surface area contributed by atoms with Gasteiger partial charge in [0.15, 0.2) is 0 Å². The Kier molecular flexibility index (Phi) is 4.96. The number of benzene rings is 2. The quantitative estimate of drug-likeness (QED) is 0.867. The highest BCUT2D eigenvalue weighted by atomic mass is 79.9. The molecule has 0 spiro atoms. The standard InChI is InChI=1S/C16H13BrN2O2/c17-13-5-6-15(12(9-13)10-18)19-8-7-11-3-1-2-4-14(11)16(20)21/h1-6,9,19H,7-8H2,(H,20,21). The molecule has 2 rings (SSSR count). The van der Waals surface area contributed by atoms with Crippen molar-refractivity contribution in [1.82, 2.24) is 0 Å². The Morgan fingerprint density at radius 2 is 2.05 bits per heavy atom. The zero-order valence-electron chi connectivity index (χ0n) is 11.1. The number of hydrogen-bond donors (Lipinski definition) is 2. The summed E-state index contributed by atoms with van der Waals surface area (Å²) in [6.07, 6.45) is 0.573. The van der Waals surface area contributed by atoms with Gasteiger partial charge in [-0.1, -0.05) is 34.1 Å². The Morgan fingerprint density at radius 3 is 2.76 bits per heavy atom. The van der Waals surface area contributed by atoms with Gasteiger partial charge < -0.3 is 10.4 Å². The number of carboxylic acid groups (broad SMARTS) is 1. The minimum atomic E-state index is -0.924. The van der Waals surface area contributed by atoms with Crippen LogP contribution in [-0.4, -0.2) is 17.6 Å². The maximum Gasteiger partial charge on any atom is 0.335 e. The summed E-state index contributed by atoms with van der Waals surface area (Å²) in [5, 5.41) is 21.4. The second kappa shape index (κ2) is 6.91. The van der Waals surface area contributed by atoms with Gasteiger partial charge in [-0.15, -0.1) is 0 Å². The summed E-state index contributed by atoms with van der Waals surface area (Å²) in [5.74, 6) is -0.924. The third kappa shape index (κ3) is 3.83. The zero-order chi connectivity index (χ0) is 15.2. The molecule has 0 aliphatic heterocycles. The van der Waals surface area contributed by atoms with Crippen LogP contribution in [0.5, 0.6) is 0 Å². The molecule has 106 valence electrons. The minimum Gasteiger partial charge on any atom is -0.478 e. The molecule has 4 nitrogen and oxygen atoms in total. The van der Waals surface area contributed by atoms with Crippen LogP contribution in [0.15, 0.2) is 46.9 Å². The molecule has 21 heavy (non-hydrogen) atoms. The fraction of sp³-hybridized carbons (Fsp3) is 0.125. The third-order valence-corrected chi connectivity index (χ3v) is 3.55. The molecular formula is C16H13BrN2O2. The summed E-state index contributed by atoms with van der Waals surface area (Å²) >= 11 is 3.32. The van der Waals surface area contributed by atoms with Crippen LogP contribution in [0.1, 0.15) is 21.5 Å². The molecule has 0 aliphatic carbocycles. The number of hydrogen-bond acceptors (Lipinski definition) is 3. The van der Waals surface area contributed by atoms with Crippen molar-refractivity contribution >= 4 is 27.6 Å². The summed E-state index contributed by atoms with van der Waals surface area (Å²) in [4.78, 5) is 11.1. The Morgan fingerprint density at radius 1 is 1.29 bits per heavy atom. The van der Waals surface area contributed by atoms with Crippen molar-refractivity contribution in [2.24, 2.45) is 0 Å². The molecule has 0 unspecified atom stereocenters. The van der Waals surface area contributed by atoms with Crippen molar-refractivity contribution < 1.29 is 9.90 Å². The van der Waals surface area contributed by atoms with Crippen LogP contribution in [0, 0.1) is 11.3 Å². The van der Waals surface area contributed by atoms with Gasteiger partial charge in [0.2, 0.25) is 0 Å². The lowest BCUT2D eigenvalue weighted by molar-refractivity contribution is 0.0695. The van der Waals surface area contributed by atoms with E-state index < -0.39 is 5.97 Å². The van der Waals surface area contributed by atoms with Crippen LogP contribution in [0.2, 0.25) is 0 Å². The van der Waals surface area contributed by atoms with Crippen LogP contribution in [0.3, 0.4) is 0 Å². The zero-order valence-corrected chi connectivity index (χ0v) is 12.7. The first-order valence-corrected chi connectivity index (χ1v) is 7.16. The summed E-state index contributed by atoms with van der Waals surface area (Å²) in [5.41, 5.74) is 2.38. The van der Waals surface area contributed by atoms with Gasteiger partial charge in [-0.2, -0.15) is 5.26 Å². The topological polar surface area (TPSA) is 73.1 Å². The predicted molar refractivity (Wildman–Crippen MR) is 84.5 cm³/mol. The van der Waals surface area contributed by atoms with Gasteiger partial charge in [0.25, 0.3) is 0 Å². The first-order chi connectivity index (χ1) is 10.1. The number of anilines is 1. The SMILES string of the molecule is N#Cc1cc(Br)ccc1NCCc1ccccc1C(=O)O. The van der Waals surface area contributed by atoms with Crippen molar-refractivity contribution in [3.63, 3.8) is 0 Å². The van der Waals surface area contributed by atoms with E-state index in [0.717, 1.165) is 15.7 Å². The van der Waals surface area contributed by atoms with E-state index in [0.29, 0.717) is 24.1 Å². The van der Waals surface area contributed by atoms with Gasteiger partial charge in [-0.05, 0) is 36.2 Å². The summed E-state index contributed by atoms with van der Waals surface area (Å²) in [7, 11) is 0. The lowest BCUT2D eigenvalue weighted by atomic mass is 10.0. The number of rotatable bonds is 5. The number of nitrogens with one attached hydrogen (secondary N) is 1. The number of carbonyl (C=O) groups is 1. The monoisotopic (exact) mass is 344 g/mol. The average molecular weight is 345 g/mol. The van der Waals surface area contributed by atoms with Gasteiger partial charge in [0.1, 0.15) is 6.07 Å². The van der Waals surface area contributed by atoms with Crippen molar-refractivity contribution in [3.8, 4) is 6.07 Å². The predicted octanol–water partition coefficient (Wildman–Crippen LogP) is 3.67. The first kappa shape index (κ1) is 15.1. The van der Waals surface area contributed by atoms with Crippen LogP contribution in [0.4, 0.5) is 5.69 Å². The number of nitrogens with zero attached hydrogens (tertiary/aromatic N) is 1.